The number of nitrogens with one attached hydrogen (secondary N) is 1. The molecule has 1 N–H and O–H groups in total. The van der Waals surface area contributed by atoms with Gasteiger partial charge in [0.25, 0.3) is 11.6 Å². The van der Waals surface area contributed by atoms with Gasteiger partial charge in [-0.15, -0.1) is 0 Å². The van der Waals surface area contributed by atoms with E-state index in [1.807, 2.05) is 26.0 Å². The van der Waals surface area contributed by atoms with Gasteiger partial charge in [-0.3, -0.25) is 14.9 Å². The Morgan fingerprint density at radius 2 is 2.00 bits per heavy atom. The van der Waals surface area contributed by atoms with E-state index in [1.165, 1.54) is 18.2 Å². The number of benzene rings is 2. The van der Waals surface area contributed by atoms with Gasteiger partial charge in [-0.2, -0.15) is 0 Å². The molecule has 1 amide bonds. The quantitative estimate of drug-likeness (QED) is 0.610. The van der Waals surface area contributed by atoms with Crippen LogP contribution in [0.5, 0.6) is 5.75 Å². The number of amides is 1. The van der Waals surface area contributed by atoms with Crippen LogP contribution in [-0.2, 0) is 0 Å². The molecule has 0 fully saturated rings. The average Bonchev–Trinajstić information content (AvgIpc) is 2.57. The van der Waals surface area contributed by atoms with Crippen molar-refractivity contribution in [1.82, 2.24) is 0 Å². The molecule has 0 aliphatic rings. The molecule has 0 atom stereocenters. The van der Waals surface area contributed by atoms with E-state index in [1.54, 1.807) is 6.07 Å². The first-order valence-electron chi connectivity index (χ1n) is 8.16. The van der Waals surface area contributed by atoms with Crippen LogP contribution in [0.25, 0.3) is 0 Å². The molecule has 0 saturated carbocycles. The van der Waals surface area contributed by atoms with Gasteiger partial charge in [0.2, 0.25) is 0 Å². The Morgan fingerprint density at radius 1 is 1.28 bits per heavy atom. The molecule has 0 saturated heterocycles. The van der Waals surface area contributed by atoms with Gasteiger partial charge < -0.3 is 10.1 Å². The molecule has 2 aromatic carbocycles. The van der Waals surface area contributed by atoms with Gasteiger partial charge in [0, 0.05) is 23.4 Å². The highest BCUT2D eigenvalue weighted by atomic mass is 16.6. The zero-order chi connectivity index (χ0) is 18.6. The summed E-state index contributed by atoms with van der Waals surface area (Å²) in [6.45, 7) is 8.49. The predicted octanol–water partition coefficient (Wildman–Crippen LogP) is 4.68. The molecule has 0 aromatic heterocycles. The van der Waals surface area contributed by atoms with E-state index < -0.39 is 4.92 Å². The molecule has 132 valence electrons. The second-order valence-corrected chi connectivity index (χ2v) is 6.05. The molecule has 0 heterocycles. The molecule has 2 aromatic rings. The Bertz CT molecular complexity index is 800. The third-order valence-corrected chi connectivity index (χ3v) is 3.85. The van der Waals surface area contributed by atoms with Crippen molar-refractivity contribution in [2.45, 2.75) is 33.6 Å². The highest BCUT2D eigenvalue weighted by molar-refractivity contribution is 6.05. The highest BCUT2D eigenvalue weighted by Crippen LogP contribution is 2.32. The summed E-state index contributed by atoms with van der Waals surface area (Å²) < 4.78 is 5.68. The van der Waals surface area contributed by atoms with Gasteiger partial charge in [0.1, 0.15) is 5.75 Å². The van der Waals surface area contributed by atoms with Crippen LogP contribution in [0, 0.1) is 17.0 Å². The minimum Gasteiger partial charge on any atom is -0.494 e. The number of anilines is 1. The lowest BCUT2D eigenvalue weighted by molar-refractivity contribution is -0.384. The van der Waals surface area contributed by atoms with Crippen LogP contribution in [0.4, 0.5) is 11.4 Å². The molecule has 0 unspecified atom stereocenters. The van der Waals surface area contributed by atoms with Crippen LogP contribution < -0.4 is 10.1 Å². The number of rotatable bonds is 6. The van der Waals surface area contributed by atoms with E-state index in [0.717, 1.165) is 16.9 Å². The average molecular weight is 342 g/mol. The number of hydrogen-bond donors (Lipinski definition) is 1. The number of aryl methyl sites for hydroxylation is 1. The topological polar surface area (TPSA) is 81.5 Å². The van der Waals surface area contributed by atoms with Crippen LogP contribution >= 0.6 is 0 Å². The fourth-order valence-corrected chi connectivity index (χ4v) is 2.52. The maximum atomic E-state index is 12.5. The fraction of sp³-hybridized carbons (Fsp3) is 0.316. The summed E-state index contributed by atoms with van der Waals surface area (Å²) in [5.41, 5.74) is 2.67. The molecule has 0 spiro atoms. The number of hydrogen-bond acceptors (Lipinski definition) is 4. The Hall–Kier alpha value is -2.89. The van der Waals surface area contributed by atoms with Crippen LogP contribution in [-0.4, -0.2) is 17.4 Å². The van der Waals surface area contributed by atoms with E-state index in [9.17, 15) is 14.9 Å². The van der Waals surface area contributed by atoms with Crippen molar-refractivity contribution in [2.75, 3.05) is 11.9 Å². The van der Waals surface area contributed by atoms with Gasteiger partial charge in [-0.05, 0) is 49.1 Å². The lowest BCUT2D eigenvalue weighted by Gasteiger charge is -2.17. The summed E-state index contributed by atoms with van der Waals surface area (Å²) in [7, 11) is 0. The Labute approximate surface area is 147 Å². The number of carbonyl (C=O) groups is 1. The highest BCUT2D eigenvalue weighted by Gasteiger charge is 2.16. The monoisotopic (exact) mass is 342 g/mol. The van der Waals surface area contributed by atoms with Crippen molar-refractivity contribution in [3.05, 3.63) is 63.2 Å². The fourth-order valence-electron chi connectivity index (χ4n) is 2.52. The van der Waals surface area contributed by atoms with Gasteiger partial charge in [0.15, 0.2) is 0 Å². The molecule has 0 radical (unpaired) electrons. The van der Waals surface area contributed by atoms with Crippen molar-refractivity contribution >= 4 is 17.3 Å². The summed E-state index contributed by atoms with van der Waals surface area (Å²) in [4.78, 5) is 22.8. The van der Waals surface area contributed by atoms with Crippen LogP contribution in [0.15, 0.2) is 36.4 Å². The van der Waals surface area contributed by atoms with E-state index in [-0.39, 0.29) is 23.1 Å². The lowest BCUT2D eigenvalue weighted by atomic mass is 9.99. The first kappa shape index (κ1) is 18.4. The minimum absolute atomic E-state index is 0.112. The largest absolute Gasteiger partial charge is 0.494 e. The Kier molecular flexibility index (Phi) is 5.75. The van der Waals surface area contributed by atoms with E-state index in [4.69, 9.17) is 4.74 Å². The van der Waals surface area contributed by atoms with Gasteiger partial charge in [-0.25, -0.2) is 0 Å². The summed E-state index contributed by atoms with van der Waals surface area (Å²) in [6, 6.07) is 9.48. The smallest absolute Gasteiger partial charge is 0.270 e. The van der Waals surface area contributed by atoms with E-state index in [2.05, 4.69) is 19.2 Å². The van der Waals surface area contributed by atoms with Crippen molar-refractivity contribution < 1.29 is 14.5 Å². The maximum absolute atomic E-state index is 12.5. The zero-order valence-corrected chi connectivity index (χ0v) is 14.8. The third kappa shape index (κ3) is 4.35. The first-order chi connectivity index (χ1) is 11.8. The number of nitrogens with zero attached hydrogens (tertiary/aromatic N) is 1. The number of ether oxygens (including phenoxy) is 1. The van der Waals surface area contributed by atoms with Crippen molar-refractivity contribution in [3.63, 3.8) is 0 Å². The number of non-ortho nitro benzene ring substituents is 1. The first-order valence-corrected chi connectivity index (χ1v) is 8.16. The van der Waals surface area contributed by atoms with Crippen molar-refractivity contribution in [1.29, 1.82) is 0 Å². The maximum Gasteiger partial charge on any atom is 0.270 e. The summed E-state index contributed by atoms with van der Waals surface area (Å²) >= 11 is 0. The molecule has 0 aliphatic carbocycles. The lowest BCUT2D eigenvalue weighted by Crippen LogP contribution is -2.13. The van der Waals surface area contributed by atoms with Crippen LogP contribution in [0.1, 0.15) is 48.2 Å². The zero-order valence-electron chi connectivity index (χ0n) is 14.8. The summed E-state index contributed by atoms with van der Waals surface area (Å²) in [6.07, 6.45) is 0. The molecular formula is C19H22N2O4. The predicted molar refractivity (Wildman–Crippen MR) is 97.5 cm³/mol. The van der Waals surface area contributed by atoms with Gasteiger partial charge in [-0.1, -0.05) is 19.9 Å². The number of carbonyl (C=O) groups excluding carboxylic acids is 1. The molecule has 6 heteroatoms. The van der Waals surface area contributed by atoms with E-state index >= 15 is 0 Å². The Morgan fingerprint density at radius 3 is 2.60 bits per heavy atom. The normalized spacial score (nSPS) is 10.6. The molecule has 0 bridgehead atoms. The molecule has 25 heavy (non-hydrogen) atoms. The number of nitro groups is 1. The molecule has 0 aliphatic heterocycles. The van der Waals surface area contributed by atoms with Gasteiger partial charge in [0.05, 0.1) is 11.5 Å². The second kappa shape index (κ2) is 7.79. The standard InChI is InChI=1S/C19H22N2O4/c1-5-25-18-9-13(4)17(11-16(18)12(2)3)20-19(22)14-7-6-8-15(10-14)21(23)24/h6-12H,5H2,1-4H3,(H,20,22). The molecular weight excluding hydrogens is 320 g/mol. The SMILES string of the molecule is CCOc1cc(C)c(NC(=O)c2cccc([N+](=O)[O-])c2)cc1C(C)C. The summed E-state index contributed by atoms with van der Waals surface area (Å²) in [5.74, 6) is 0.657. The third-order valence-electron chi connectivity index (χ3n) is 3.85. The van der Waals surface area contributed by atoms with Crippen molar-refractivity contribution in [3.8, 4) is 5.75 Å². The van der Waals surface area contributed by atoms with Crippen LogP contribution in [0.3, 0.4) is 0 Å². The summed E-state index contributed by atoms with van der Waals surface area (Å²) in [5, 5.41) is 13.7. The van der Waals surface area contributed by atoms with Gasteiger partial charge >= 0.3 is 0 Å². The van der Waals surface area contributed by atoms with Crippen molar-refractivity contribution in [2.24, 2.45) is 0 Å². The molecule has 2 rings (SSSR count). The molecule has 6 nitrogen and oxygen atoms in total. The minimum atomic E-state index is -0.518. The van der Waals surface area contributed by atoms with Crippen LogP contribution in [0.2, 0.25) is 0 Å². The second-order valence-electron chi connectivity index (χ2n) is 6.05. The van der Waals surface area contributed by atoms with E-state index in [0.29, 0.717) is 12.3 Å². The number of nitro benzene ring substituents is 1. The Balaban J connectivity index is 2.33.